The molecule has 0 spiro atoms. The van der Waals surface area contributed by atoms with E-state index in [-0.39, 0.29) is 5.76 Å². The highest BCUT2D eigenvalue weighted by Crippen LogP contribution is 2.21. The van der Waals surface area contributed by atoms with Crippen LogP contribution in [0, 0.1) is 0 Å². The second-order valence-electron chi connectivity index (χ2n) is 4.40. The number of carboxylic acids is 1. The average molecular weight is 223 g/mol. The van der Waals surface area contributed by atoms with Gasteiger partial charge in [-0.25, -0.2) is 4.79 Å². The van der Waals surface area contributed by atoms with E-state index in [1.165, 1.54) is 25.5 Å². The molecule has 1 aliphatic heterocycles. The quantitative estimate of drug-likeness (QED) is 0.854. The maximum atomic E-state index is 10.9. The number of hydrogen-bond acceptors (Lipinski definition) is 3. The normalized spacial score (nSPS) is 22.2. The summed E-state index contributed by atoms with van der Waals surface area (Å²) in [6.07, 6.45) is 5.12. The maximum Gasteiger partial charge on any atom is 0.372 e. The molecule has 1 aromatic heterocycles. The Hall–Kier alpha value is -1.29. The van der Waals surface area contributed by atoms with Gasteiger partial charge in [-0.3, -0.25) is 4.90 Å². The fraction of sp³-hybridized carbons (Fsp3) is 0.583. The van der Waals surface area contributed by atoms with E-state index in [9.17, 15) is 4.79 Å². The predicted octanol–water partition coefficient (Wildman–Crippen LogP) is 2.35. The third-order valence-corrected chi connectivity index (χ3v) is 3.26. The summed E-state index contributed by atoms with van der Waals surface area (Å²) >= 11 is 0. The molecule has 0 aliphatic carbocycles. The molecule has 4 heteroatoms. The minimum absolute atomic E-state index is 0.0813. The van der Waals surface area contributed by atoms with Crippen molar-refractivity contribution in [1.29, 1.82) is 0 Å². The Morgan fingerprint density at radius 1 is 1.62 bits per heavy atom. The van der Waals surface area contributed by atoms with Gasteiger partial charge in [-0.05, 0) is 32.4 Å². The van der Waals surface area contributed by atoms with Crippen molar-refractivity contribution < 1.29 is 14.3 Å². The van der Waals surface area contributed by atoms with E-state index in [1.54, 1.807) is 6.07 Å². The molecule has 4 nitrogen and oxygen atoms in total. The van der Waals surface area contributed by atoms with Gasteiger partial charge in [0.25, 0.3) is 0 Å². The molecule has 1 saturated heterocycles. The molecule has 1 N–H and O–H groups in total. The minimum atomic E-state index is -0.982. The molecule has 0 radical (unpaired) electrons. The van der Waals surface area contributed by atoms with E-state index in [2.05, 4.69) is 11.8 Å². The molecule has 0 bridgehead atoms. The summed E-state index contributed by atoms with van der Waals surface area (Å²) in [5.41, 5.74) is 0.779. The number of aromatic carboxylic acids is 1. The number of carbonyl (C=O) groups is 1. The molecule has 1 unspecified atom stereocenters. The molecule has 1 aromatic rings. The molecule has 2 heterocycles. The van der Waals surface area contributed by atoms with Gasteiger partial charge in [0.05, 0.1) is 6.26 Å². The molecule has 1 aliphatic rings. The highest BCUT2D eigenvalue weighted by Gasteiger charge is 2.22. The van der Waals surface area contributed by atoms with Gasteiger partial charge >= 0.3 is 5.97 Å². The van der Waals surface area contributed by atoms with E-state index in [4.69, 9.17) is 9.52 Å². The predicted molar refractivity (Wildman–Crippen MR) is 59.4 cm³/mol. The zero-order valence-electron chi connectivity index (χ0n) is 9.48. The lowest BCUT2D eigenvalue weighted by Crippen LogP contribution is -2.36. The molecule has 0 amide bonds. The Morgan fingerprint density at radius 2 is 2.44 bits per heavy atom. The molecule has 88 valence electrons. The van der Waals surface area contributed by atoms with E-state index >= 15 is 0 Å². The summed E-state index contributed by atoms with van der Waals surface area (Å²) in [6.45, 7) is 3.92. The van der Waals surface area contributed by atoms with E-state index in [0.717, 1.165) is 12.1 Å². The highest BCUT2D eigenvalue weighted by molar-refractivity contribution is 5.86. The molecule has 0 aromatic carbocycles. The summed E-state index contributed by atoms with van der Waals surface area (Å²) < 4.78 is 4.98. The zero-order valence-corrected chi connectivity index (χ0v) is 9.48. The lowest BCUT2D eigenvalue weighted by atomic mass is 10.0. The summed E-state index contributed by atoms with van der Waals surface area (Å²) in [4.78, 5) is 13.2. The van der Waals surface area contributed by atoms with Crippen LogP contribution in [0.5, 0.6) is 0 Å². The third kappa shape index (κ3) is 2.27. The van der Waals surface area contributed by atoms with Crippen LogP contribution in [0.3, 0.4) is 0 Å². The van der Waals surface area contributed by atoms with Crippen molar-refractivity contribution in [1.82, 2.24) is 4.90 Å². The van der Waals surface area contributed by atoms with Gasteiger partial charge in [-0.15, -0.1) is 0 Å². The van der Waals surface area contributed by atoms with Crippen molar-refractivity contribution >= 4 is 5.97 Å². The topological polar surface area (TPSA) is 53.7 Å². The summed E-state index contributed by atoms with van der Waals surface area (Å²) in [6, 6.07) is 2.29. The number of furan rings is 1. The highest BCUT2D eigenvalue weighted by atomic mass is 16.4. The van der Waals surface area contributed by atoms with Gasteiger partial charge < -0.3 is 9.52 Å². The van der Waals surface area contributed by atoms with Gasteiger partial charge in [0, 0.05) is 18.2 Å². The fourth-order valence-electron chi connectivity index (χ4n) is 2.26. The molecular weight excluding hydrogens is 206 g/mol. The van der Waals surface area contributed by atoms with E-state index in [0.29, 0.717) is 12.6 Å². The van der Waals surface area contributed by atoms with E-state index in [1.807, 2.05) is 0 Å². The molecule has 1 atom stereocenters. The van der Waals surface area contributed by atoms with Gasteiger partial charge in [-0.2, -0.15) is 0 Å². The van der Waals surface area contributed by atoms with Gasteiger partial charge in [0.1, 0.15) is 0 Å². The van der Waals surface area contributed by atoms with Crippen molar-refractivity contribution in [3.05, 3.63) is 23.7 Å². The number of nitrogens with zero attached hydrogens (tertiary/aromatic N) is 1. The lowest BCUT2D eigenvalue weighted by Gasteiger charge is -2.33. The molecular formula is C12H17NO3. The molecule has 0 saturated carbocycles. The largest absolute Gasteiger partial charge is 0.475 e. The Bertz CT molecular complexity index is 372. The molecule has 16 heavy (non-hydrogen) atoms. The standard InChI is InChI=1S/C12H17NO3/c1-9-4-2-3-6-13(9)8-10-5-7-16-11(10)12(14)15/h5,7,9H,2-4,6,8H2,1H3,(H,14,15). The van der Waals surface area contributed by atoms with Crippen LogP contribution in [0.25, 0.3) is 0 Å². The van der Waals surface area contributed by atoms with Crippen LogP contribution in [-0.2, 0) is 6.54 Å². The summed E-state index contributed by atoms with van der Waals surface area (Å²) in [7, 11) is 0. The summed E-state index contributed by atoms with van der Waals surface area (Å²) in [5, 5.41) is 8.94. The van der Waals surface area contributed by atoms with Crippen molar-refractivity contribution in [3.8, 4) is 0 Å². The van der Waals surface area contributed by atoms with Gasteiger partial charge in [0.15, 0.2) is 0 Å². The molecule has 2 rings (SSSR count). The minimum Gasteiger partial charge on any atom is -0.475 e. The second kappa shape index (κ2) is 4.70. The van der Waals surface area contributed by atoms with Crippen LogP contribution in [0.2, 0.25) is 0 Å². The number of carboxylic acid groups (broad SMARTS) is 1. The smallest absolute Gasteiger partial charge is 0.372 e. The third-order valence-electron chi connectivity index (χ3n) is 3.26. The fourth-order valence-corrected chi connectivity index (χ4v) is 2.26. The molecule has 1 fully saturated rings. The first-order valence-electron chi connectivity index (χ1n) is 5.72. The van der Waals surface area contributed by atoms with E-state index < -0.39 is 5.97 Å². The maximum absolute atomic E-state index is 10.9. The van der Waals surface area contributed by atoms with Crippen LogP contribution in [0.4, 0.5) is 0 Å². The van der Waals surface area contributed by atoms with Crippen molar-refractivity contribution in [3.63, 3.8) is 0 Å². The van der Waals surface area contributed by atoms with Crippen LogP contribution < -0.4 is 0 Å². The summed E-state index contributed by atoms with van der Waals surface area (Å²) in [5.74, 6) is -0.901. The first kappa shape index (κ1) is 11.2. The number of piperidine rings is 1. The van der Waals surface area contributed by atoms with Gasteiger partial charge in [-0.1, -0.05) is 6.42 Å². The number of rotatable bonds is 3. The Balaban J connectivity index is 2.07. The number of likely N-dealkylation sites (tertiary alicyclic amines) is 1. The van der Waals surface area contributed by atoms with Gasteiger partial charge in [0.2, 0.25) is 5.76 Å². The average Bonchev–Trinajstić information content (AvgIpc) is 2.69. The van der Waals surface area contributed by atoms with Crippen molar-refractivity contribution in [2.75, 3.05) is 6.54 Å². The Labute approximate surface area is 94.9 Å². The van der Waals surface area contributed by atoms with Crippen LogP contribution >= 0.6 is 0 Å². The van der Waals surface area contributed by atoms with Crippen molar-refractivity contribution in [2.24, 2.45) is 0 Å². The SMILES string of the molecule is CC1CCCCN1Cc1ccoc1C(=O)O. The van der Waals surface area contributed by atoms with Crippen LogP contribution in [0.15, 0.2) is 16.7 Å². The van der Waals surface area contributed by atoms with Crippen molar-refractivity contribution in [2.45, 2.75) is 38.8 Å². The lowest BCUT2D eigenvalue weighted by molar-refractivity contribution is 0.0657. The van der Waals surface area contributed by atoms with Crippen LogP contribution in [0.1, 0.15) is 42.3 Å². The second-order valence-corrected chi connectivity index (χ2v) is 4.40. The number of hydrogen-bond donors (Lipinski definition) is 1. The Morgan fingerprint density at radius 3 is 3.12 bits per heavy atom. The first-order chi connectivity index (χ1) is 7.68. The zero-order chi connectivity index (χ0) is 11.5. The van der Waals surface area contributed by atoms with Crippen LogP contribution in [-0.4, -0.2) is 28.6 Å². The first-order valence-corrected chi connectivity index (χ1v) is 5.72. The Kier molecular flexibility index (Phi) is 3.29. The monoisotopic (exact) mass is 223 g/mol.